The van der Waals surface area contributed by atoms with Gasteiger partial charge in [0.2, 0.25) is 0 Å². The molecule has 0 unspecified atom stereocenters. The Hall–Kier alpha value is -2.57. The largest absolute Gasteiger partial charge is 0.304 e. The highest BCUT2D eigenvalue weighted by molar-refractivity contribution is 5.58. The molecule has 1 fully saturated rings. The summed E-state index contributed by atoms with van der Waals surface area (Å²) >= 11 is 0. The van der Waals surface area contributed by atoms with Crippen molar-refractivity contribution in [2.24, 2.45) is 0 Å². The molecular weight excluding hydrogens is 365 g/mol. The minimum Gasteiger partial charge on any atom is -0.304 e. The second-order valence-electron chi connectivity index (χ2n) is 8.10. The van der Waals surface area contributed by atoms with E-state index in [1.54, 1.807) is 12.1 Å². The molecule has 29 heavy (non-hydrogen) atoms. The lowest BCUT2D eigenvalue weighted by molar-refractivity contribution is 0.145. The average Bonchev–Trinajstić information content (AvgIpc) is 3.14. The SMILES string of the molecule is CC(C)c1ccc(-c2nc(CN3CCN(C)CC3)nn2-c2ccc(F)cc2)cc1. The van der Waals surface area contributed by atoms with Gasteiger partial charge in [-0.25, -0.2) is 14.1 Å². The molecule has 0 atom stereocenters. The summed E-state index contributed by atoms with van der Waals surface area (Å²) in [5, 5.41) is 4.78. The van der Waals surface area contributed by atoms with Gasteiger partial charge in [0.15, 0.2) is 11.6 Å². The highest BCUT2D eigenvalue weighted by atomic mass is 19.1. The first-order valence-electron chi connectivity index (χ1n) is 10.2. The van der Waals surface area contributed by atoms with Crippen molar-refractivity contribution in [1.82, 2.24) is 24.6 Å². The van der Waals surface area contributed by atoms with Crippen LogP contribution in [0.2, 0.25) is 0 Å². The van der Waals surface area contributed by atoms with E-state index in [1.165, 1.54) is 17.7 Å². The summed E-state index contributed by atoms with van der Waals surface area (Å²) in [6.07, 6.45) is 0. The highest BCUT2D eigenvalue weighted by Crippen LogP contribution is 2.24. The van der Waals surface area contributed by atoms with Crippen LogP contribution in [0.15, 0.2) is 48.5 Å². The van der Waals surface area contributed by atoms with Crippen molar-refractivity contribution >= 4 is 0 Å². The molecule has 0 aliphatic carbocycles. The van der Waals surface area contributed by atoms with Gasteiger partial charge < -0.3 is 4.90 Å². The summed E-state index contributed by atoms with van der Waals surface area (Å²) < 4.78 is 15.3. The molecule has 1 aliphatic rings. The number of aromatic nitrogens is 3. The first kappa shape index (κ1) is 19.7. The predicted octanol–water partition coefficient (Wildman–Crippen LogP) is 3.94. The highest BCUT2D eigenvalue weighted by Gasteiger charge is 2.19. The molecule has 3 aromatic rings. The summed E-state index contributed by atoms with van der Waals surface area (Å²) in [6, 6.07) is 14.9. The normalized spacial score (nSPS) is 15.9. The lowest BCUT2D eigenvalue weighted by atomic mass is 10.0. The maximum Gasteiger partial charge on any atom is 0.165 e. The van der Waals surface area contributed by atoms with Crippen LogP contribution < -0.4 is 0 Å². The second kappa shape index (κ2) is 8.43. The maximum atomic E-state index is 13.4. The van der Waals surface area contributed by atoms with E-state index < -0.39 is 0 Å². The molecule has 0 saturated carbocycles. The average molecular weight is 394 g/mol. The number of hydrogen-bond acceptors (Lipinski definition) is 4. The Kier molecular flexibility index (Phi) is 5.74. The molecule has 2 aromatic carbocycles. The van der Waals surface area contributed by atoms with Crippen molar-refractivity contribution in [3.05, 3.63) is 65.7 Å². The lowest BCUT2D eigenvalue weighted by Gasteiger charge is -2.31. The topological polar surface area (TPSA) is 37.2 Å². The summed E-state index contributed by atoms with van der Waals surface area (Å²) in [7, 11) is 2.15. The minimum atomic E-state index is -0.255. The fourth-order valence-corrected chi connectivity index (χ4v) is 3.59. The minimum absolute atomic E-state index is 0.255. The Labute approximate surface area is 171 Å². The van der Waals surface area contributed by atoms with Gasteiger partial charge in [0.05, 0.1) is 12.2 Å². The van der Waals surface area contributed by atoms with E-state index in [-0.39, 0.29) is 5.82 Å². The van der Waals surface area contributed by atoms with Crippen molar-refractivity contribution in [2.75, 3.05) is 33.2 Å². The van der Waals surface area contributed by atoms with Crippen LogP contribution in [0.25, 0.3) is 17.1 Å². The van der Waals surface area contributed by atoms with E-state index in [0.717, 1.165) is 55.6 Å². The fraction of sp³-hybridized carbons (Fsp3) is 0.391. The van der Waals surface area contributed by atoms with Gasteiger partial charge in [-0.15, -0.1) is 5.10 Å². The molecule has 0 N–H and O–H groups in total. The number of piperazine rings is 1. The van der Waals surface area contributed by atoms with Gasteiger partial charge in [-0.05, 0) is 42.8 Å². The molecule has 6 heteroatoms. The molecule has 2 heterocycles. The molecule has 5 nitrogen and oxygen atoms in total. The van der Waals surface area contributed by atoms with Gasteiger partial charge in [-0.2, -0.15) is 0 Å². The number of likely N-dealkylation sites (N-methyl/N-ethyl adjacent to an activating group) is 1. The smallest absolute Gasteiger partial charge is 0.165 e. The van der Waals surface area contributed by atoms with E-state index in [2.05, 4.69) is 55.0 Å². The number of rotatable bonds is 5. The van der Waals surface area contributed by atoms with E-state index in [0.29, 0.717) is 5.92 Å². The van der Waals surface area contributed by atoms with E-state index in [4.69, 9.17) is 10.1 Å². The zero-order valence-corrected chi connectivity index (χ0v) is 17.3. The fourth-order valence-electron chi connectivity index (χ4n) is 3.59. The number of hydrogen-bond donors (Lipinski definition) is 0. The maximum absolute atomic E-state index is 13.4. The van der Waals surface area contributed by atoms with Gasteiger partial charge in [-0.3, -0.25) is 4.90 Å². The molecule has 0 amide bonds. The number of benzene rings is 2. The summed E-state index contributed by atoms with van der Waals surface area (Å²) in [5.74, 6) is 1.80. The Morgan fingerprint density at radius 3 is 2.21 bits per heavy atom. The molecule has 1 saturated heterocycles. The van der Waals surface area contributed by atoms with Crippen molar-refractivity contribution in [1.29, 1.82) is 0 Å². The third-order valence-electron chi connectivity index (χ3n) is 5.52. The van der Waals surface area contributed by atoms with Gasteiger partial charge in [-0.1, -0.05) is 38.1 Å². The first-order valence-corrected chi connectivity index (χ1v) is 10.2. The molecular formula is C23H28FN5. The van der Waals surface area contributed by atoms with Gasteiger partial charge in [0, 0.05) is 31.7 Å². The Bertz CT molecular complexity index is 938. The van der Waals surface area contributed by atoms with Crippen LogP contribution >= 0.6 is 0 Å². The quantitative estimate of drug-likeness (QED) is 0.658. The Balaban J connectivity index is 1.67. The van der Waals surface area contributed by atoms with E-state index in [9.17, 15) is 4.39 Å². The van der Waals surface area contributed by atoms with Crippen LogP contribution in [0.5, 0.6) is 0 Å². The standard InChI is InChI=1S/C23H28FN5/c1-17(2)18-4-6-19(7-5-18)23-25-22(16-28-14-12-27(3)13-15-28)26-29(23)21-10-8-20(24)9-11-21/h4-11,17H,12-16H2,1-3H3. The zero-order valence-electron chi connectivity index (χ0n) is 17.3. The number of nitrogens with zero attached hydrogens (tertiary/aromatic N) is 5. The summed E-state index contributed by atoms with van der Waals surface area (Å²) in [6.45, 7) is 9.23. The molecule has 0 spiro atoms. The lowest BCUT2D eigenvalue weighted by Crippen LogP contribution is -2.44. The van der Waals surface area contributed by atoms with Crippen LogP contribution in [0.1, 0.15) is 31.2 Å². The second-order valence-corrected chi connectivity index (χ2v) is 8.10. The molecule has 4 rings (SSSR count). The Morgan fingerprint density at radius 1 is 0.931 bits per heavy atom. The third kappa shape index (κ3) is 4.54. The number of halogens is 1. The molecule has 1 aromatic heterocycles. The molecule has 152 valence electrons. The van der Waals surface area contributed by atoms with Crippen LogP contribution in [-0.4, -0.2) is 57.8 Å². The van der Waals surface area contributed by atoms with Gasteiger partial charge in [0.25, 0.3) is 0 Å². The van der Waals surface area contributed by atoms with Crippen molar-refractivity contribution in [3.63, 3.8) is 0 Å². The first-order chi connectivity index (χ1) is 14.0. The van der Waals surface area contributed by atoms with Crippen molar-refractivity contribution in [3.8, 4) is 17.1 Å². The molecule has 0 bridgehead atoms. The molecule has 0 radical (unpaired) electrons. The van der Waals surface area contributed by atoms with Gasteiger partial charge >= 0.3 is 0 Å². The van der Waals surface area contributed by atoms with E-state index >= 15 is 0 Å². The predicted molar refractivity (Wildman–Crippen MR) is 114 cm³/mol. The third-order valence-corrected chi connectivity index (χ3v) is 5.52. The Morgan fingerprint density at radius 2 is 1.59 bits per heavy atom. The van der Waals surface area contributed by atoms with Gasteiger partial charge in [0.1, 0.15) is 5.82 Å². The van der Waals surface area contributed by atoms with Crippen LogP contribution in [-0.2, 0) is 6.54 Å². The van der Waals surface area contributed by atoms with E-state index in [1.807, 2.05) is 4.68 Å². The zero-order chi connectivity index (χ0) is 20.4. The molecule has 1 aliphatic heterocycles. The summed E-state index contributed by atoms with van der Waals surface area (Å²) in [4.78, 5) is 9.59. The monoisotopic (exact) mass is 393 g/mol. The van der Waals surface area contributed by atoms with Crippen LogP contribution in [0, 0.1) is 5.82 Å². The summed E-state index contributed by atoms with van der Waals surface area (Å²) in [5.41, 5.74) is 3.11. The van der Waals surface area contributed by atoms with Crippen LogP contribution in [0.4, 0.5) is 4.39 Å². The van der Waals surface area contributed by atoms with Crippen molar-refractivity contribution < 1.29 is 4.39 Å². The van der Waals surface area contributed by atoms with Crippen LogP contribution in [0.3, 0.4) is 0 Å². The van der Waals surface area contributed by atoms with Crippen molar-refractivity contribution in [2.45, 2.75) is 26.3 Å².